The topological polar surface area (TPSA) is 37.3 Å². The Balaban J connectivity index is 2.64. The Kier molecular flexibility index (Phi) is 4.12. The van der Waals surface area contributed by atoms with Crippen LogP contribution in [-0.4, -0.2) is 22.7 Å². The Labute approximate surface area is 85.9 Å². The zero-order valence-electron chi connectivity index (χ0n) is 6.87. The van der Waals surface area contributed by atoms with Crippen LogP contribution in [0.15, 0.2) is 29.2 Å². The Bertz CT molecular complexity index is 284. The Morgan fingerprint density at radius 2 is 2.00 bits per heavy atom. The first kappa shape index (κ1) is 10.4. The molecule has 1 rings (SSSR count). The summed E-state index contributed by atoms with van der Waals surface area (Å²) in [7, 11) is 0. The van der Waals surface area contributed by atoms with Gasteiger partial charge in [-0.15, -0.1) is 23.4 Å². The number of carbonyl (C=O) groups is 1. The van der Waals surface area contributed by atoms with Gasteiger partial charge >= 0.3 is 5.97 Å². The number of aromatic carboxylic acids is 1. The maximum atomic E-state index is 10.5. The summed E-state index contributed by atoms with van der Waals surface area (Å²) in [6.07, 6.45) is 0. The van der Waals surface area contributed by atoms with Gasteiger partial charge in [-0.3, -0.25) is 0 Å². The van der Waals surface area contributed by atoms with E-state index in [-0.39, 0.29) is 0 Å². The third-order valence-corrected chi connectivity index (χ3v) is 2.87. The highest BCUT2D eigenvalue weighted by molar-refractivity contribution is 7.99. The van der Waals surface area contributed by atoms with Gasteiger partial charge < -0.3 is 5.11 Å². The molecule has 13 heavy (non-hydrogen) atoms. The molecule has 0 aliphatic carbocycles. The summed E-state index contributed by atoms with van der Waals surface area (Å²) < 4.78 is 0. The van der Waals surface area contributed by atoms with E-state index in [4.69, 9.17) is 16.7 Å². The zero-order chi connectivity index (χ0) is 9.68. The van der Waals surface area contributed by atoms with E-state index in [1.54, 1.807) is 36.0 Å². The second kappa shape index (κ2) is 5.14. The van der Waals surface area contributed by atoms with E-state index in [2.05, 4.69) is 0 Å². The summed E-state index contributed by atoms with van der Waals surface area (Å²) >= 11 is 7.13. The van der Waals surface area contributed by atoms with E-state index in [9.17, 15) is 4.79 Å². The maximum absolute atomic E-state index is 10.5. The molecule has 0 radical (unpaired) electrons. The van der Waals surface area contributed by atoms with Gasteiger partial charge in [0.05, 0.1) is 5.56 Å². The molecule has 0 aliphatic rings. The van der Waals surface area contributed by atoms with E-state index in [0.29, 0.717) is 11.4 Å². The average molecular weight is 217 g/mol. The van der Waals surface area contributed by atoms with Crippen LogP contribution in [0.3, 0.4) is 0 Å². The molecule has 1 N–H and O–H groups in total. The molecular weight excluding hydrogens is 208 g/mol. The monoisotopic (exact) mass is 216 g/mol. The molecule has 0 aromatic heterocycles. The predicted octanol–water partition coefficient (Wildman–Crippen LogP) is 2.72. The molecule has 0 heterocycles. The number of carboxylic acids is 1. The Morgan fingerprint density at radius 3 is 2.46 bits per heavy atom. The van der Waals surface area contributed by atoms with E-state index in [1.165, 1.54) is 0 Å². The summed E-state index contributed by atoms with van der Waals surface area (Å²) in [6, 6.07) is 6.78. The third-order valence-electron chi connectivity index (χ3n) is 1.45. The summed E-state index contributed by atoms with van der Waals surface area (Å²) in [4.78, 5) is 11.5. The van der Waals surface area contributed by atoms with Crippen molar-refractivity contribution < 1.29 is 9.90 Å². The van der Waals surface area contributed by atoms with Crippen molar-refractivity contribution in [1.82, 2.24) is 0 Å². The lowest BCUT2D eigenvalue weighted by Gasteiger charge is -1.99. The quantitative estimate of drug-likeness (QED) is 0.621. The minimum atomic E-state index is -0.895. The fraction of sp³-hybridized carbons (Fsp3) is 0.222. The van der Waals surface area contributed by atoms with Gasteiger partial charge in [-0.05, 0) is 24.3 Å². The van der Waals surface area contributed by atoms with Crippen LogP contribution in [0.5, 0.6) is 0 Å². The van der Waals surface area contributed by atoms with E-state index < -0.39 is 5.97 Å². The van der Waals surface area contributed by atoms with Crippen molar-refractivity contribution in [2.24, 2.45) is 0 Å². The molecule has 70 valence electrons. The SMILES string of the molecule is O=C(O)c1ccc(SCCCl)cc1. The zero-order valence-corrected chi connectivity index (χ0v) is 8.44. The Morgan fingerprint density at radius 1 is 1.38 bits per heavy atom. The van der Waals surface area contributed by atoms with Crippen LogP contribution in [0.1, 0.15) is 10.4 Å². The number of thioether (sulfide) groups is 1. The molecule has 0 saturated heterocycles. The van der Waals surface area contributed by atoms with Gasteiger partial charge in [-0.25, -0.2) is 4.79 Å². The molecule has 0 amide bonds. The lowest BCUT2D eigenvalue weighted by molar-refractivity contribution is 0.0697. The molecule has 0 bridgehead atoms. The van der Waals surface area contributed by atoms with Crippen molar-refractivity contribution in [3.05, 3.63) is 29.8 Å². The molecule has 0 spiro atoms. The second-order valence-electron chi connectivity index (χ2n) is 2.37. The largest absolute Gasteiger partial charge is 0.478 e. The molecule has 0 unspecified atom stereocenters. The Hall–Kier alpha value is -0.670. The highest BCUT2D eigenvalue weighted by atomic mass is 35.5. The van der Waals surface area contributed by atoms with E-state index in [0.717, 1.165) is 10.6 Å². The number of carboxylic acid groups (broad SMARTS) is 1. The predicted molar refractivity (Wildman–Crippen MR) is 54.8 cm³/mol. The molecule has 1 aromatic rings. The highest BCUT2D eigenvalue weighted by Gasteiger charge is 2.01. The molecule has 1 aromatic carbocycles. The summed E-state index contributed by atoms with van der Waals surface area (Å²) in [5.41, 5.74) is 0.315. The van der Waals surface area contributed by atoms with Crippen LogP contribution < -0.4 is 0 Å². The van der Waals surface area contributed by atoms with Crippen LogP contribution in [-0.2, 0) is 0 Å². The molecule has 0 fully saturated rings. The van der Waals surface area contributed by atoms with Crippen molar-refractivity contribution in [2.75, 3.05) is 11.6 Å². The van der Waals surface area contributed by atoms with Crippen LogP contribution >= 0.6 is 23.4 Å². The fourth-order valence-electron chi connectivity index (χ4n) is 0.850. The van der Waals surface area contributed by atoms with Crippen molar-refractivity contribution in [1.29, 1.82) is 0 Å². The molecule has 0 saturated carbocycles. The minimum absolute atomic E-state index is 0.315. The molecule has 4 heteroatoms. The van der Waals surface area contributed by atoms with E-state index >= 15 is 0 Å². The first-order valence-corrected chi connectivity index (χ1v) is 5.28. The number of hydrogen-bond donors (Lipinski definition) is 1. The highest BCUT2D eigenvalue weighted by Crippen LogP contribution is 2.18. The van der Waals surface area contributed by atoms with Crippen molar-refractivity contribution in [3.63, 3.8) is 0 Å². The number of hydrogen-bond acceptors (Lipinski definition) is 2. The number of alkyl halides is 1. The standard InChI is InChI=1S/C9H9ClO2S/c10-5-6-13-8-3-1-7(2-4-8)9(11)12/h1-4H,5-6H2,(H,11,12). The fourth-order valence-corrected chi connectivity index (χ4v) is 1.72. The first-order chi connectivity index (χ1) is 6.24. The van der Waals surface area contributed by atoms with Gasteiger partial charge in [0.25, 0.3) is 0 Å². The maximum Gasteiger partial charge on any atom is 0.335 e. The number of rotatable bonds is 4. The molecule has 0 aliphatic heterocycles. The second-order valence-corrected chi connectivity index (χ2v) is 3.91. The van der Waals surface area contributed by atoms with Gasteiger partial charge in [-0.2, -0.15) is 0 Å². The summed E-state index contributed by atoms with van der Waals surface area (Å²) in [6.45, 7) is 0. The molecule has 2 nitrogen and oxygen atoms in total. The van der Waals surface area contributed by atoms with Crippen LogP contribution in [0, 0.1) is 0 Å². The van der Waals surface area contributed by atoms with Gasteiger partial charge in [-0.1, -0.05) is 0 Å². The lowest BCUT2D eigenvalue weighted by Crippen LogP contribution is -1.94. The average Bonchev–Trinajstić information content (AvgIpc) is 2.15. The number of halogens is 1. The van der Waals surface area contributed by atoms with Gasteiger partial charge in [0.1, 0.15) is 0 Å². The molecular formula is C9H9ClO2S. The number of benzene rings is 1. The van der Waals surface area contributed by atoms with E-state index in [1.807, 2.05) is 0 Å². The normalized spacial score (nSPS) is 9.92. The van der Waals surface area contributed by atoms with Gasteiger partial charge in [0, 0.05) is 16.5 Å². The van der Waals surface area contributed by atoms with Gasteiger partial charge in [0.2, 0.25) is 0 Å². The van der Waals surface area contributed by atoms with Crippen LogP contribution in [0.2, 0.25) is 0 Å². The van der Waals surface area contributed by atoms with Crippen molar-refractivity contribution in [3.8, 4) is 0 Å². The smallest absolute Gasteiger partial charge is 0.335 e. The van der Waals surface area contributed by atoms with Gasteiger partial charge in [0.15, 0.2) is 0 Å². The minimum Gasteiger partial charge on any atom is -0.478 e. The summed E-state index contributed by atoms with van der Waals surface area (Å²) in [5.74, 6) is 0.549. The first-order valence-electron chi connectivity index (χ1n) is 3.76. The summed E-state index contributed by atoms with van der Waals surface area (Å²) in [5, 5.41) is 8.62. The molecule has 0 atom stereocenters. The van der Waals surface area contributed by atoms with Crippen molar-refractivity contribution in [2.45, 2.75) is 4.90 Å². The van der Waals surface area contributed by atoms with Crippen molar-refractivity contribution >= 4 is 29.3 Å². The third kappa shape index (κ3) is 3.28. The lowest BCUT2D eigenvalue weighted by atomic mass is 10.2. The van der Waals surface area contributed by atoms with Crippen LogP contribution in [0.25, 0.3) is 0 Å². The van der Waals surface area contributed by atoms with Crippen LogP contribution in [0.4, 0.5) is 0 Å².